The maximum atomic E-state index is 12.1. The highest BCUT2D eigenvalue weighted by Crippen LogP contribution is 2.17. The number of carbonyl (C=O) groups excluding carboxylic acids is 1. The van der Waals surface area contributed by atoms with Crippen LogP contribution in [0.5, 0.6) is 0 Å². The van der Waals surface area contributed by atoms with Crippen LogP contribution in [0.25, 0.3) is 0 Å². The largest absolute Gasteiger partial charge is 0.457 e. The summed E-state index contributed by atoms with van der Waals surface area (Å²) >= 11 is 6.03. The minimum atomic E-state index is -0.353. The van der Waals surface area contributed by atoms with Crippen molar-refractivity contribution in [2.24, 2.45) is 5.73 Å². The van der Waals surface area contributed by atoms with Crippen molar-refractivity contribution >= 4 is 17.6 Å². The molecular formula is C16H16ClNO2. The van der Waals surface area contributed by atoms with Gasteiger partial charge in [-0.15, -0.1) is 0 Å². The second kappa shape index (κ2) is 7.08. The third-order valence-electron chi connectivity index (χ3n) is 2.97. The molecule has 2 aromatic rings. The molecule has 0 aliphatic carbocycles. The Morgan fingerprint density at radius 1 is 1.05 bits per heavy atom. The van der Waals surface area contributed by atoms with Gasteiger partial charge >= 0.3 is 5.97 Å². The van der Waals surface area contributed by atoms with E-state index in [-0.39, 0.29) is 12.6 Å². The van der Waals surface area contributed by atoms with Crippen LogP contribution >= 0.6 is 11.6 Å². The van der Waals surface area contributed by atoms with Crippen LogP contribution in [0.3, 0.4) is 0 Å². The zero-order valence-electron chi connectivity index (χ0n) is 11.0. The molecule has 4 heteroatoms. The van der Waals surface area contributed by atoms with Crippen molar-refractivity contribution in [1.82, 2.24) is 0 Å². The van der Waals surface area contributed by atoms with Gasteiger partial charge in [-0.1, -0.05) is 48.0 Å². The van der Waals surface area contributed by atoms with Crippen LogP contribution in [0, 0.1) is 0 Å². The summed E-state index contributed by atoms with van der Waals surface area (Å²) in [6.45, 7) is 0.657. The fourth-order valence-corrected chi connectivity index (χ4v) is 2.12. The average molecular weight is 290 g/mol. The minimum absolute atomic E-state index is 0.162. The van der Waals surface area contributed by atoms with E-state index in [1.807, 2.05) is 36.4 Å². The molecule has 0 radical (unpaired) electrons. The first kappa shape index (κ1) is 14.6. The van der Waals surface area contributed by atoms with Crippen molar-refractivity contribution in [3.05, 3.63) is 70.2 Å². The highest BCUT2D eigenvalue weighted by molar-refractivity contribution is 6.31. The molecule has 0 spiro atoms. The molecule has 0 aliphatic heterocycles. The maximum Gasteiger partial charge on any atom is 0.338 e. The van der Waals surface area contributed by atoms with Gasteiger partial charge in [0.15, 0.2) is 0 Å². The van der Waals surface area contributed by atoms with Gasteiger partial charge in [-0.3, -0.25) is 0 Å². The van der Waals surface area contributed by atoms with Gasteiger partial charge < -0.3 is 10.5 Å². The molecule has 0 bridgehead atoms. The smallest absolute Gasteiger partial charge is 0.338 e. The van der Waals surface area contributed by atoms with E-state index in [2.05, 4.69) is 0 Å². The Kier molecular flexibility index (Phi) is 5.16. The van der Waals surface area contributed by atoms with Crippen molar-refractivity contribution in [2.45, 2.75) is 13.0 Å². The molecule has 0 fully saturated rings. The Hall–Kier alpha value is -1.84. The van der Waals surface area contributed by atoms with Gasteiger partial charge in [-0.25, -0.2) is 4.79 Å². The summed E-state index contributed by atoms with van der Waals surface area (Å²) in [5.41, 5.74) is 7.80. The molecule has 20 heavy (non-hydrogen) atoms. The summed E-state index contributed by atoms with van der Waals surface area (Å²) in [6, 6.07) is 14.6. The van der Waals surface area contributed by atoms with Crippen LogP contribution in [0.2, 0.25) is 5.02 Å². The van der Waals surface area contributed by atoms with Crippen molar-refractivity contribution in [1.29, 1.82) is 0 Å². The van der Waals surface area contributed by atoms with Crippen molar-refractivity contribution < 1.29 is 9.53 Å². The van der Waals surface area contributed by atoms with Crippen LogP contribution in [0.15, 0.2) is 48.5 Å². The molecule has 0 aliphatic rings. The summed E-state index contributed by atoms with van der Waals surface area (Å²) in [6.07, 6.45) is 0.650. The first-order valence-corrected chi connectivity index (χ1v) is 6.78. The third-order valence-corrected chi connectivity index (χ3v) is 3.34. The van der Waals surface area contributed by atoms with E-state index in [9.17, 15) is 4.79 Å². The molecule has 0 heterocycles. The zero-order chi connectivity index (χ0) is 14.4. The Morgan fingerprint density at radius 2 is 1.70 bits per heavy atom. The highest BCUT2D eigenvalue weighted by Gasteiger charge is 2.12. The van der Waals surface area contributed by atoms with Crippen molar-refractivity contribution in [2.75, 3.05) is 6.54 Å². The monoisotopic (exact) mass is 289 g/mol. The standard InChI is InChI=1S/C16H16ClNO2/c17-15-8-4-2-6-13(15)11-20-16(19)14-7-3-1-5-12(14)9-10-18/h1-8H,9-11,18H2. The summed E-state index contributed by atoms with van der Waals surface area (Å²) < 4.78 is 5.32. The van der Waals surface area contributed by atoms with E-state index in [4.69, 9.17) is 22.1 Å². The molecule has 2 aromatic carbocycles. The van der Waals surface area contributed by atoms with E-state index >= 15 is 0 Å². The van der Waals surface area contributed by atoms with E-state index in [1.54, 1.807) is 12.1 Å². The van der Waals surface area contributed by atoms with Gasteiger partial charge in [-0.05, 0) is 30.7 Å². The molecule has 0 saturated carbocycles. The lowest BCUT2D eigenvalue weighted by molar-refractivity contribution is 0.0471. The number of hydrogen-bond acceptors (Lipinski definition) is 3. The number of halogens is 1. The SMILES string of the molecule is NCCc1ccccc1C(=O)OCc1ccccc1Cl. The number of carbonyl (C=O) groups is 1. The lowest BCUT2D eigenvalue weighted by Gasteiger charge is -2.09. The topological polar surface area (TPSA) is 52.3 Å². The van der Waals surface area contributed by atoms with E-state index in [0.29, 0.717) is 23.6 Å². The molecule has 0 aromatic heterocycles. The number of nitrogens with two attached hydrogens (primary N) is 1. The minimum Gasteiger partial charge on any atom is -0.457 e. The van der Waals surface area contributed by atoms with Crippen LogP contribution in [-0.4, -0.2) is 12.5 Å². The van der Waals surface area contributed by atoms with Gasteiger partial charge in [0.1, 0.15) is 6.61 Å². The first-order chi connectivity index (χ1) is 9.72. The van der Waals surface area contributed by atoms with E-state index in [1.165, 1.54) is 0 Å². The van der Waals surface area contributed by atoms with Crippen molar-refractivity contribution in [3.8, 4) is 0 Å². The summed E-state index contributed by atoms with van der Waals surface area (Å²) in [4.78, 5) is 12.1. The van der Waals surface area contributed by atoms with Crippen LogP contribution in [0.1, 0.15) is 21.5 Å². The van der Waals surface area contributed by atoms with Gasteiger partial charge in [0.25, 0.3) is 0 Å². The number of hydrogen-bond donors (Lipinski definition) is 1. The number of esters is 1. The molecule has 0 saturated heterocycles. The summed E-state index contributed by atoms with van der Waals surface area (Å²) in [5, 5.41) is 0.593. The van der Waals surface area contributed by atoms with Crippen LogP contribution in [-0.2, 0) is 17.8 Å². The lowest BCUT2D eigenvalue weighted by atomic mass is 10.0. The highest BCUT2D eigenvalue weighted by atomic mass is 35.5. The molecule has 3 nitrogen and oxygen atoms in total. The molecule has 104 valence electrons. The number of benzene rings is 2. The van der Waals surface area contributed by atoms with E-state index in [0.717, 1.165) is 11.1 Å². The Balaban J connectivity index is 2.07. The maximum absolute atomic E-state index is 12.1. The fraction of sp³-hybridized carbons (Fsp3) is 0.188. The fourth-order valence-electron chi connectivity index (χ4n) is 1.93. The third kappa shape index (κ3) is 3.59. The molecule has 0 unspecified atom stereocenters. The molecule has 2 N–H and O–H groups in total. The molecule has 0 atom stereocenters. The normalized spacial score (nSPS) is 10.3. The predicted molar refractivity (Wildman–Crippen MR) is 79.8 cm³/mol. The Morgan fingerprint density at radius 3 is 2.40 bits per heavy atom. The number of rotatable bonds is 5. The molecule has 2 rings (SSSR count). The Bertz CT molecular complexity index is 599. The zero-order valence-corrected chi connectivity index (χ0v) is 11.8. The second-order valence-corrected chi connectivity index (χ2v) is 4.77. The van der Waals surface area contributed by atoms with Gasteiger partial charge in [0.05, 0.1) is 5.56 Å². The van der Waals surface area contributed by atoms with Gasteiger partial charge in [0, 0.05) is 10.6 Å². The van der Waals surface area contributed by atoms with Crippen molar-refractivity contribution in [3.63, 3.8) is 0 Å². The predicted octanol–water partition coefficient (Wildman–Crippen LogP) is 3.20. The lowest BCUT2D eigenvalue weighted by Crippen LogP contribution is -2.11. The number of ether oxygens (including phenoxy) is 1. The quantitative estimate of drug-likeness (QED) is 0.860. The summed E-state index contributed by atoms with van der Waals surface area (Å²) in [5.74, 6) is -0.353. The second-order valence-electron chi connectivity index (χ2n) is 4.36. The molecular weight excluding hydrogens is 274 g/mol. The van der Waals surface area contributed by atoms with E-state index < -0.39 is 0 Å². The van der Waals surface area contributed by atoms with Gasteiger partial charge in [-0.2, -0.15) is 0 Å². The first-order valence-electron chi connectivity index (χ1n) is 6.41. The average Bonchev–Trinajstić information content (AvgIpc) is 2.47. The van der Waals surface area contributed by atoms with Gasteiger partial charge in [0.2, 0.25) is 0 Å². The molecule has 0 amide bonds. The summed E-state index contributed by atoms with van der Waals surface area (Å²) in [7, 11) is 0. The van der Waals surface area contributed by atoms with Crippen LogP contribution in [0.4, 0.5) is 0 Å². The van der Waals surface area contributed by atoms with Crippen LogP contribution < -0.4 is 5.73 Å². The Labute approximate surface area is 123 Å².